The summed E-state index contributed by atoms with van der Waals surface area (Å²) >= 11 is 0. The van der Waals surface area contributed by atoms with E-state index in [0.717, 1.165) is 21.9 Å². The molecule has 4 heteroatoms. The van der Waals surface area contributed by atoms with Crippen LogP contribution in [0.1, 0.15) is 21.5 Å². The number of fused-ring (bicyclic) bond motifs is 1. The molecule has 0 aliphatic rings. The number of amides is 1. The number of aryl methyl sites for hydroxylation is 2. The second kappa shape index (κ2) is 7.18. The zero-order valence-electron chi connectivity index (χ0n) is 14.2. The molecule has 4 nitrogen and oxygen atoms in total. The summed E-state index contributed by atoms with van der Waals surface area (Å²) in [6.07, 6.45) is 0. The van der Waals surface area contributed by atoms with Gasteiger partial charge in [-0.25, -0.2) is 4.79 Å². The van der Waals surface area contributed by atoms with E-state index in [4.69, 9.17) is 4.74 Å². The Kier molecular flexibility index (Phi) is 4.80. The van der Waals surface area contributed by atoms with Crippen molar-refractivity contribution in [2.24, 2.45) is 0 Å². The van der Waals surface area contributed by atoms with Crippen molar-refractivity contribution in [2.75, 3.05) is 11.9 Å². The van der Waals surface area contributed by atoms with Crippen LogP contribution < -0.4 is 5.32 Å². The highest BCUT2D eigenvalue weighted by atomic mass is 16.5. The Labute approximate surface area is 146 Å². The molecular formula is C21H19NO3. The van der Waals surface area contributed by atoms with Gasteiger partial charge in [0.05, 0.1) is 5.56 Å². The molecule has 3 aromatic carbocycles. The maximum Gasteiger partial charge on any atom is 0.338 e. The quantitative estimate of drug-likeness (QED) is 0.726. The summed E-state index contributed by atoms with van der Waals surface area (Å²) in [4.78, 5) is 24.1. The molecule has 0 heterocycles. The molecule has 0 atom stereocenters. The van der Waals surface area contributed by atoms with Gasteiger partial charge in [0, 0.05) is 5.69 Å². The summed E-state index contributed by atoms with van der Waals surface area (Å²) < 4.78 is 5.11. The van der Waals surface area contributed by atoms with Crippen LogP contribution in [0.15, 0.2) is 60.7 Å². The highest BCUT2D eigenvalue weighted by molar-refractivity contribution is 5.98. The van der Waals surface area contributed by atoms with Crippen molar-refractivity contribution >= 4 is 28.3 Å². The summed E-state index contributed by atoms with van der Waals surface area (Å²) in [5.41, 5.74) is 3.36. The van der Waals surface area contributed by atoms with Gasteiger partial charge in [-0.1, -0.05) is 36.4 Å². The van der Waals surface area contributed by atoms with Gasteiger partial charge in [-0.15, -0.1) is 0 Å². The van der Waals surface area contributed by atoms with Gasteiger partial charge in [-0.3, -0.25) is 4.79 Å². The van der Waals surface area contributed by atoms with E-state index >= 15 is 0 Å². The van der Waals surface area contributed by atoms with E-state index in [0.29, 0.717) is 11.3 Å². The highest BCUT2D eigenvalue weighted by Crippen LogP contribution is 2.17. The van der Waals surface area contributed by atoms with Crippen LogP contribution in [0, 0.1) is 13.8 Å². The largest absolute Gasteiger partial charge is 0.452 e. The minimum atomic E-state index is -0.513. The van der Waals surface area contributed by atoms with E-state index in [1.165, 1.54) is 0 Å². The lowest BCUT2D eigenvalue weighted by molar-refractivity contribution is -0.119. The van der Waals surface area contributed by atoms with Crippen molar-refractivity contribution in [3.8, 4) is 0 Å². The maximum absolute atomic E-state index is 12.1. The number of rotatable bonds is 4. The molecule has 3 aromatic rings. The van der Waals surface area contributed by atoms with Gasteiger partial charge in [0.15, 0.2) is 6.61 Å². The Hall–Kier alpha value is -3.14. The fourth-order valence-electron chi connectivity index (χ4n) is 2.55. The van der Waals surface area contributed by atoms with Crippen LogP contribution in [-0.4, -0.2) is 18.5 Å². The predicted molar refractivity (Wildman–Crippen MR) is 98.8 cm³/mol. The third kappa shape index (κ3) is 4.04. The number of benzene rings is 3. The van der Waals surface area contributed by atoms with E-state index < -0.39 is 5.97 Å². The standard InChI is InChI=1S/C21H19NO3/c1-14-7-10-19(11-15(14)2)22-20(23)13-25-21(24)18-9-8-16-5-3-4-6-17(16)12-18/h3-12H,13H2,1-2H3,(H,22,23). The van der Waals surface area contributed by atoms with Gasteiger partial charge in [-0.2, -0.15) is 0 Å². The number of esters is 1. The van der Waals surface area contributed by atoms with E-state index in [1.54, 1.807) is 12.1 Å². The lowest BCUT2D eigenvalue weighted by Gasteiger charge is -2.09. The van der Waals surface area contributed by atoms with Crippen LogP contribution >= 0.6 is 0 Å². The number of nitrogens with one attached hydrogen (secondary N) is 1. The van der Waals surface area contributed by atoms with Crippen molar-refractivity contribution in [1.82, 2.24) is 0 Å². The number of ether oxygens (including phenoxy) is 1. The van der Waals surface area contributed by atoms with Gasteiger partial charge in [-0.05, 0) is 60.0 Å². The number of carbonyl (C=O) groups excluding carboxylic acids is 2. The second-order valence-electron chi connectivity index (χ2n) is 5.99. The van der Waals surface area contributed by atoms with Gasteiger partial charge < -0.3 is 10.1 Å². The summed E-state index contributed by atoms with van der Waals surface area (Å²) in [5, 5.41) is 4.73. The van der Waals surface area contributed by atoms with Crippen molar-refractivity contribution in [3.63, 3.8) is 0 Å². The molecule has 0 fully saturated rings. The molecule has 0 bridgehead atoms. The topological polar surface area (TPSA) is 55.4 Å². The molecule has 0 saturated carbocycles. The summed E-state index contributed by atoms with van der Waals surface area (Å²) in [6.45, 7) is 3.66. The van der Waals surface area contributed by atoms with Crippen LogP contribution in [0.5, 0.6) is 0 Å². The average Bonchev–Trinajstić information content (AvgIpc) is 2.62. The van der Waals surface area contributed by atoms with Crippen molar-refractivity contribution < 1.29 is 14.3 Å². The molecule has 1 amide bonds. The highest BCUT2D eigenvalue weighted by Gasteiger charge is 2.11. The first kappa shape index (κ1) is 16.7. The Morgan fingerprint density at radius 3 is 2.40 bits per heavy atom. The lowest BCUT2D eigenvalue weighted by atomic mass is 10.1. The molecule has 0 aromatic heterocycles. The third-order valence-electron chi connectivity index (χ3n) is 4.11. The van der Waals surface area contributed by atoms with Crippen LogP contribution in [0.25, 0.3) is 10.8 Å². The number of anilines is 1. The molecule has 25 heavy (non-hydrogen) atoms. The summed E-state index contributed by atoms with van der Waals surface area (Å²) in [6, 6.07) is 18.7. The number of carbonyl (C=O) groups is 2. The van der Waals surface area contributed by atoms with Crippen molar-refractivity contribution in [1.29, 1.82) is 0 Å². The minimum Gasteiger partial charge on any atom is -0.452 e. The Balaban J connectivity index is 1.60. The molecule has 0 radical (unpaired) electrons. The van der Waals surface area contributed by atoms with Crippen LogP contribution in [0.3, 0.4) is 0 Å². The zero-order valence-corrected chi connectivity index (χ0v) is 14.2. The van der Waals surface area contributed by atoms with Gasteiger partial charge in [0.1, 0.15) is 0 Å². The normalized spacial score (nSPS) is 10.5. The third-order valence-corrected chi connectivity index (χ3v) is 4.11. The Morgan fingerprint density at radius 2 is 1.64 bits per heavy atom. The second-order valence-corrected chi connectivity index (χ2v) is 5.99. The first-order valence-corrected chi connectivity index (χ1v) is 8.06. The fraction of sp³-hybridized carbons (Fsp3) is 0.143. The lowest BCUT2D eigenvalue weighted by Crippen LogP contribution is -2.21. The van der Waals surface area contributed by atoms with Crippen LogP contribution in [0.4, 0.5) is 5.69 Å². The van der Waals surface area contributed by atoms with Gasteiger partial charge in [0.25, 0.3) is 5.91 Å². The van der Waals surface area contributed by atoms with E-state index in [1.807, 2.05) is 62.4 Å². The smallest absolute Gasteiger partial charge is 0.338 e. The molecule has 1 N–H and O–H groups in total. The molecule has 0 unspecified atom stereocenters. The fourth-order valence-corrected chi connectivity index (χ4v) is 2.55. The summed E-state index contributed by atoms with van der Waals surface area (Å²) in [5.74, 6) is -0.876. The van der Waals surface area contributed by atoms with Crippen molar-refractivity contribution in [3.05, 3.63) is 77.4 Å². The van der Waals surface area contributed by atoms with Gasteiger partial charge >= 0.3 is 5.97 Å². The van der Waals surface area contributed by atoms with Crippen LogP contribution in [0.2, 0.25) is 0 Å². The number of hydrogen-bond donors (Lipinski definition) is 1. The average molecular weight is 333 g/mol. The Bertz CT molecular complexity index is 947. The Morgan fingerprint density at radius 1 is 0.880 bits per heavy atom. The van der Waals surface area contributed by atoms with E-state index in [2.05, 4.69) is 5.32 Å². The maximum atomic E-state index is 12.1. The molecule has 0 aliphatic carbocycles. The summed E-state index contributed by atoms with van der Waals surface area (Å²) in [7, 11) is 0. The molecular weight excluding hydrogens is 314 g/mol. The predicted octanol–water partition coefficient (Wildman–Crippen LogP) is 4.25. The number of hydrogen-bond acceptors (Lipinski definition) is 3. The first-order valence-electron chi connectivity index (χ1n) is 8.06. The van der Waals surface area contributed by atoms with Gasteiger partial charge in [0.2, 0.25) is 0 Å². The first-order chi connectivity index (χ1) is 12.0. The molecule has 0 saturated heterocycles. The SMILES string of the molecule is Cc1ccc(NC(=O)COC(=O)c2ccc3ccccc3c2)cc1C. The van der Waals surface area contributed by atoms with E-state index in [9.17, 15) is 9.59 Å². The molecule has 3 rings (SSSR count). The van der Waals surface area contributed by atoms with E-state index in [-0.39, 0.29) is 12.5 Å². The molecule has 0 spiro atoms. The van der Waals surface area contributed by atoms with Crippen LogP contribution in [-0.2, 0) is 9.53 Å². The molecule has 0 aliphatic heterocycles. The molecule has 126 valence electrons. The van der Waals surface area contributed by atoms with Crippen molar-refractivity contribution in [2.45, 2.75) is 13.8 Å². The monoisotopic (exact) mass is 333 g/mol. The zero-order chi connectivity index (χ0) is 17.8. The minimum absolute atomic E-state index is 0.321.